The second-order valence-corrected chi connectivity index (χ2v) is 5.42. The zero-order valence-corrected chi connectivity index (χ0v) is 12.9. The highest BCUT2D eigenvalue weighted by Gasteiger charge is 2.31. The number of hydrogen-bond donors (Lipinski definition) is 2. The van der Waals surface area contributed by atoms with Gasteiger partial charge in [-0.25, -0.2) is 0 Å². The Morgan fingerprint density at radius 1 is 1.14 bits per heavy atom. The molecule has 0 bridgehead atoms. The third-order valence-corrected chi connectivity index (χ3v) is 3.70. The highest BCUT2D eigenvalue weighted by atomic mass is 16.2. The first-order chi connectivity index (χ1) is 10.5. The lowest BCUT2D eigenvalue weighted by molar-refractivity contribution is -0.122. The number of carbonyl (C=O) groups is 3. The van der Waals surface area contributed by atoms with E-state index in [1.165, 1.54) is 13.8 Å². The van der Waals surface area contributed by atoms with E-state index in [1.807, 2.05) is 24.3 Å². The molecule has 0 saturated carbocycles. The number of nitrogens with one attached hydrogen (secondary N) is 2. The monoisotopic (exact) mass is 303 g/mol. The van der Waals surface area contributed by atoms with Crippen LogP contribution in [0, 0.1) is 0 Å². The summed E-state index contributed by atoms with van der Waals surface area (Å²) in [6.45, 7) is 4.33. The Balaban J connectivity index is 1.92. The SMILES string of the molecule is CC(=O)NCCNC(=O)CC1CN(C(C)=O)c2ccccc21. The van der Waals surface area contributed by atoms with E-state index in [-0.39, 0.29) is 23.6 Å². The lowest BCUT2D eigenvalue weighted by Gasteiger charge is -2.15. The molecule has 0 fully saturated rings. The van der Waals surface area contributed by atoms with Gasteiger partial charge in [-0.2, -0.15) is 0 Å². The van der Waals surface area contributed by atoms with Crippen molar-refractivity contribution in [2.45, 2.75) is 26.2 Å². The van der Waals surface area contributed by atoms with Crippen molar-refractivity contribution in [3.8, 4) is 0 Å². The van der Waals surface area contributed by atoms with Gasteiger partial charge in [0.1, 0.15) is 0 Å². The number of para-hydroxylation sites is 1. The zero-order valence-electron chi connectivity index (χ0n) is 12.9. The lowest BCUT2D eigenvalue weighted by Crippen LogP contribution is -2.34. The molecule has 2 rings (SSSR count). The lowest BCUT2D eigenvalue weighted by atomic mass is 9.97. The summed E-state index contributed by atoms with van der Waals surface area (Å²) < 4.78 is 0. The summed E-state index contributed by atoms with van der Waals surface area (Å²) in [4.78, 5) is 36.2. The number of nitrogens with zero attached hydrogens (tertiary/aromatic N) is 1. The Bertz CT molecular complexity index is 586. The van der Waals surface area contributed by atoms with E-state index >= 15 is 0 Å². The normalized spacial score (nSPS) is 16.1. The summed E-state index contributed by atoms with van der Waals surface area (Å²) in [5, 5.41) is 5.41. The van der Waals surface area contributed by atoms with Crippen LogP contribution in [-0.2, 0) is 14.4 Å². The van der Waals surface area contributed by atoms with Gasteiger partial charge in [-0.05, 0) is 11.6 Å². The molecule has 1 atom stereocenters. The maximum atomic E-state index is 12.0. The Morgan fingerprint density at radius 2 is 1.82 bits per heavy atom. The van der Waals surface area contributed by atoms with E-state index in [0.29, 0.717) is 26.1 Å². The minimum atomic E-state index is -0.115. The summed E-state index contributed by atoms with van der Waals surface area (Å²) >= 11 is 0. The first-order valence-corrected chi connectivity index (χ1v) is 7.37. The van der Waals surface area contributed by atoms with Crippen molar-refractivity contribution in [2.24, 2.45) is 0 Å². The van der Waals surface area contributed by atoms with Crippen LogP contribution in [0.25, 0.3) is 0 Å². The van der Waals surface area contributed by atoms with E-state index in [4.69, 9.17) is 0 Å². The largest absolute Gasteiger partial charge is 0.355 e. The molecular formula is C16H21N3O3. The Hall–Kier alpha value is -2.37. The van der Waals surface area contributed by atoms with Gasteiger partial charge in [0.05, 0.1) is 0 Å². The third kappa shape index (κ3) is 3.84. The average molecular weight is 303 g/mol. The summed E-state index contributed by atoms with van der Waals surface area (Å²) in [7, 11) is 0. The Morgan fingerprint density at radius 3 is 2.50 bits per heavy atom. The van der Waals surface area contributed by atoms with Crippen LogP contribution in [0.2, 0.25) is 0 Å². The van der Waals surface area contributed by atoms with Crippen LogP contribution < -0.4 is 15.5 Å². The average Bonchev–Trinajstić information content (AvgIpc) is 2.83. The second kappa shape index (κ2) is 7.06. The van der Waals surface area contributed by atoms with E-state index in [9.17, 15) is 14.4 Å². The number of carbonyl (C=O) groups excluding carboxylic acids is 3. The number of fused-ring (bicyclic) bond motifs is 1. The molecule has 1 aromatic carbocycles. The minimum absolute atomic E-state index is 0.0129. The smallest absolute Gasteiger partial charge is 0.223 e. The van der Waals surface area contributed by atoms with Crippen molar-refractivity contribution in [3.05, 3.63) is 29.8 Å². The van der Waals surface area contributed by atoms with E-state index in [0.717, 1.165) is 11.3 Å². The van der Waals surface area contributed by atoms with Gasteiger partial charge in [-0.3, -0.25) is 14.4 Å². The molecule has 1 heterocycles. The standard InChI is InChI=1S/C16H21N3O3/c1-11(20)17-7-8-18-16(22)9-13-10-19(12(2)21)15-6-4-3-5-14(13)15/h3-6,13H,7-10H2,1-2H3,(H,17,20)(H,18,22). The van der Waals surface area contributed by atoms with Gasteiger partial charge in [0.2, 0.25) is 17.7 Å². The molecule has 22 heavy (non-hydrogen) atoms. The maximum absolute atomic E-state index is 12.0. The van der Waals surface area contributed by atoms with Crippen molar-refractivity contribution < 1.29 is 14.4 Å². The summed E-state index contributed by atoms with van der Waals surface area (Å²) in [5.74, 6) is -0.187. The Labute approximate surface area is 129 Å². The van der Waals surface area contributed by atoms with Crippen LogP contribution in [0.5, 0.6) is 0 Å². The van der Waals surface area contributed by atoms with Crippen LogP contribution in [0.3, 0.4) is 0 Å². The molecule has 0 aliphatic carbocycles. The molecule has 6 heteroatoms. The van der Waals surface area contributed by atoms with Gasteiger partial charge >= 0.3 is 0 Å². The number of amides is 3. The van der Waals surface area contributed by atoms with Gasteiger partial charge in [0, 0.05) is 51.5 Å². The molecule has 0 saturated heterocycles. The number of rotatable bonds is 5. The van der Waals surface area contributed by atoms with Crippen molar-refractivity contribution in [3.63, 3.8) is 0 Å². The van der Waals surface area contributed by atoms with Crippen molar-refractivity contribution >= 4 is 23.4 Å². The molecule has 3 amide bonds. The second-order valence-electron chi connectivity index (χ2n) is 5.42. The molecule has 1 aliphatic rings. The highest BCUT2D eigenvalue weighted by molar-refractivity contribution is 5.94. The molecule has 0 radical (unpaired) electrons. The van der Waals surface area contributed by atoms with Crippen molar-refractivity contribution in [1.29, 1.82) is 0 Å². The zero-order chi connectivity index (χ0) is 16.1. The third-order valence-electron chi connectivity index (χ3n) is 3.70. The molecule has 0 aromatic heterocycles. The van der Waals surface area contributed by atoms with Gasteiger partial charge in [-0.15, -0.1) is 0 Å². The fraction of sp³-hybridized carbons (Fsp3) is 0.438. The van der Waals surface area contributed by atoms with E-state index < -0.39 is 0 Å². The first-order valence-electron chi connectivity index (χ1n) is 7.37. The van der Waals surface area contributed by atoms with Gasteiger partial charge in [0.15, 0.2) is 0 Å². The summed E-state index contributed by atoms with van der Waals surface area (Å²) in [5.41, 5.74) is 1.93. The van der Waals surface area contributed by atoms with Crippen LogP contribution in [0.4, 0.5) is 5.69 Å². The highest BCUT2D eigenvalue weighted by Crippen LogP contribution is 2.37. The molecule has 6 nitrogen and oxygen atoms in total. The molecular weight excluding hydrogens is 282 g/mol. The quantitative estimate of drug-likeness (QED) is 0.789. The Kier molecular flexibility index (Phi) is 5.14. The van der Waals surface area contributed by atoms with Gasteiger partial charge < -0.3 is 15.5 Å². The van der Waals surface area contributed by atoms with E-state index in [2.05, 4.69) is 10.6 Å². The minimum Gasteiger partial charge on any atom is -0.355 e. The van der Waals surface area contributed by atoms with Crippen LogP contribution in [0.15, 0.2) is 24.3 Å². The van der Waals surface area contributed by atoms with Crippen LogP contribution in [-0.4, -0.2) is 37.4 Å². The molecule has 2 N–H and O–H groups in total. The molecule has 1 unspecified atom stereocenters. The van der Waals surface area contributed by atoms with Crippen molar-refractivity contribution in [2.75, 3.05) is 24.5 Å². The number of anilines is 1. The summed E-state index contributed by atoms with van der Waals surface area (Å²) in [6.07, 6.45) is 0.334. The van der Waals surface area contributed by atoms with Crippen molar-refractivity contribution in [1.82, 2.24) is 10.6 Å². The van der Waals surface area contributed by atoms with Gasteiger partial charge in [-0.1, -0.05) is 18.2 Å². The fourth-order valence-electron chi connectivity index (χ4n) is 2.70. The summed E-state index contributed by atoms with van der Waals surface area (Å²) in [6, 6.07) is 7.69. The van der Waals surface area contributed by atoms with E-state index in [1.54, 1.807) is 4.90 Å². The number of benzene rings is 1. The molecule has 0 spiro atoms. The molecule has 1 aliphatic heterocycles. The van der Waals surface area contributed by atoms with Gasteiger partial charge in [0.25, 0.3) is 0 Å². The predicted octanol–water partition coefficient (Wildman–Crippen LogP) is 0.779. The molecule has 1 aromatic rings. The van der Waals surface area contributed by atoms with Crippen LogP contribution in [0.1, 0.15) is 31.7 Å². The van der Waals surface area contributed by atoms with Crippen LogP contribution >= 0.6 is 0 Å². The first kappa shape index (κ1) is 16.0. The number of hydrogen-bond acceptors (Lipinski definition) is 3. The predicted molar refractivity (Wildman–Crippen MR) is 83.5 cm³/mol. The fourth-order valence-corrected chi connectivity index (χ4v) is 2.70. The topological polar surface area (TPSA) is 78.5 Å². The maximum Gasteiger partial charge on any atom is 0.223 e. The molecule has 118 valence electrons.